The molecule has 1 unspecified atom stereocenters. The molecule has 0 spiro atoms. The van der Waals surface area contributed by atoms with Gasteiger partial charge in [-0.2, -0.15) is 22.0 Å². The largest absolute Gasteiger partial charge is 0.497 e. The zero-order valence-electron chi connectivity index (χ0n) is 14.4. The summed E-state index contributed by atoms with van der Waals surface area (Å²) in [6, 6.07) is 7.69. The Morgan fingerprint density at radius 3 is 2.81 bits per heavy atom. The SMILES string of the molecule is COc1ccc2c(c1)Oc1nc(N)c(C#N)c(N)c1C2N1CCSCC1. The van der Waals surface area contributed by atoms with Crippen molar-refractivity contribution in [2.24, 2.45) is 0 Å². The van der Waals surface area contributed by atoms with E-state index in [1.807, 2.05) is 30.0 Å². The molecule has 2 aliphatic rings. The number of anilines is 2. The Morgan fingerprint density at radius 2 is 2.12 bits per heavy atom. The fourth-order valence-electron chi connectivity index (χ4n) is 3.50. The van der Waals surface area contributed by atoms with Gasteiger partial charge in [-0.05, 0) is 12.1 Å². The van der Waals surface area contributed by atoms with Crippen LogP contribution in [0.3, 0.4) is 0 Å². The highest BCUT2D eigenvalue weighted by Crippen LogP contribution is 2.49. The van der Waals surface area contributed by atoms with E-state index in [0.717, 1.165) is 35.7 Å². The molecule has 0 radical (unpaired) electrons. The predicted molar refractivity (Wildman–Crippen MR) is 102 cm³/mol. The average Bonchev–Trinajstić information content (AvgIpc) is 2.66. The van der Waals surface area contributed by atoms with Crippen LogP contribution < -0.4 is 20.9 Å². The summed E-state index contributed by atoms with van der Waals surface area (Å²) in [7, 11) is 1.62. The smallest absolute Gasteiger partial charge is 0.228 e. The van der Waals surface area contributed by atoms with Crippen LogP contribution in [0.15, 0.2) is 18.2 Å². The van der Waals surface area contributed by atoms with Gasteiger partial charge in [-0.25, -0.2) is 0 Å². The summed E-state index contributed by atoms with van der Waals surface area (Å²) in [5.74, 6) is 3.92. The van der Waals surface area contributed by atoms with Gasteiger partial charge in [-0.1, -0.05) is 0 Å². The van der Waals surface area contributed by atoms with E-state index in [2.05, 4.69) is 16.0 Å². The van der Waals surface area contributed by atoms with E-state index in [0.29, 0.717) is 23.1 Å². The topological polar surface area (TPSA) is 110 Å². The molecule has 4 N–H and O–H groups in total. The molecule has 1 aromatic heterocycles. The van der Waals surface area contributed by atoms with Crippen LogP contribution in [0.5, 0.6) is 17.4 Å². The lowest BCUT2D eigenvalue weighted by Gasteiger charge is -2.38. The van der Waals surface area contributed by atoms with Crippen molar-refractivity contribution in [2.45, 2.75) is 6.04 Å². The number of nitrogen functional groups attached to an aromatic ring is 2. The van der Waals surface area contributed by atoms with Crippen LogP contribution in [0.4, 0.5) is 11.5 Å². The molecule has 1 fully saturated rings. The fraction of sp³-hybridized carbons (Fsp3) is 0.333. The Morgan fingerprint density at radius 1 is 1.35 bits per heavy atom. The number of nitrogens with two attached hydrogens (primary N) is 2. The van der Waals surface area contributed by atoms with E-state index in [1.165, 1.54) is 0 Å². The lowest BCUT2D eigenvalue weighted by atomic mass is 9.92. The summed E-state index contributed by atoms with van der Waals surface area (Å²) < 4.78 is 11.3. The number of rotatable bonds is 2. The molecule has 2 aliphatic heterocycles. The van der Waals surface area contributed by atoms with Gasteiger partial charge in [0.05, 0.1) is 24.4 Å². The third-order valence-corrected chi connectivity index (χ3v) is 5.73. The van der Waals surface area contributed by atoms with Crippen molar-refractivity contribution >= 4 is 23.3 Å². The van der Waals surface area contributed by atoms with E-state index in [1.54, 1.807) is 7.11 Å². The first-order chi connectivity index (χ1) is 12.6. The minimum atomic E-state index is -0.124. The standard InChI is InChI=1S/C18H19N5O2S/c1-24-10-2-3-11-13(8-10)25-18-14(15(20)12(9-19)17(21)22-18)16(11)23-4-6-26-7-5-23/h2-3,8,16H,4-7H2,1H3,(H4,20,21,22). The molecule has 7 nitrogen and oxygen atoms in total. The van der Waals surface area contributed by atoms with E-state index >= 15 is 0 Å². The molecular formula is C18H19N5O2S. The lowest BCUT2D eigenvalue weighted by Crippen LogP contribution is -2.38. The average molecular weight is 369 g/mol. The summed E-state index contributed by atoms with van der Waals surface area (Å²) >= 11 is 1.93. The lowest BCUT2D eigenvalue weighted by molar-refractivity contribution is 0.232. The molecule has 0 bridgehead atoms. The molecule has 0 saturated carbocycles. The van der Waals surface area contributed by atoms with E-state index in [4.69, 9.17) is 20.9 Å². The zero-order chi connectivity index (χ0) is 18.3. The van der Waals surface area contributed by atoms with Gasteiger partial charge >= 0.3 is 0 Å². The number of nitrogens with zero attached hydrogens (tertiary/aromatic N) is 3. The number of pyridine rings is 1. The number of fused-ring (bicyclic) bond motifs is 2. The van der Waals surface area contributed by atoms with Gasteiger partial charge in [0.1, 0.15) is 28.9 Å². The van der Waals surface area contributed by atoms with E-state index in [-0.39, 0.29) is 17.4 Å². The van der Waals surface area contributed by atoms with Crippen LogP contribution in [0.1, 0.15) is 22.7 Å². The highest BCUT2D eigenvalue weighted by Gasteiger charge is 2.37. The Hall–Kier alpha value is -2.63. The number of hydrogen-bond acceptors (Lipinski definition) is 8. The molecule has 26 heavy (non-hydrogen) atoms. The molecule has 1 saturated heterocycles. The van der Waals surface area contributed by atoms with Gasteiger partial charge < -0.3 is 20.9 Å². The van der Waals surface area contributed by atoms with Crippen LogP contribution in [-0.2, 0) is 0 Å². The molecular weight excluding hydrogens is 350 g/mol. The predicted octanol–water partition coefficient (Wildman–Crippen LogP) is 2.37. The van der Waals surface area contributed by atoms with Gasteiger partial charge in [-0.15, -0.1) is 0 Å². The van der Waals surface area contributed by atoms with Gasteiger partial charge in [0.2, 0.25) is 5.88 Å². The van der Waals surface area contributed by atoms with E-state index in [9.17, 15) is 5.26 Å². The van der Waals surface area contributed by atoms with Gasteiger partial charge in [0.15, 0.2) is 0 Å². The first-order valence-electron chi connectivity index (χ1n) is 8.30. The summed E-state index contributed by atoms with van der Waals surface area (Å²) in [4.78, 5) is 6.68. The zero-order valence-corrected chi connectivity index (χ0v) is 15.2. The highest BCUT2D eigenvalue weighted by molar-refractivity contribution is 7.99. The van der Waals surface area contributed by atoms with Crippen molar-refractivity contribution in [1.82, 2.24) is 9.88 Å². The number of ether oxygens (including phenoxy) is 2. The Bertz CT molecular complexity index is 905. The number of aromatic nitrogens is 1. The van der Waals surface area contributed by atoms with E-state index < -0.39 is 0 Å². The molecule has 0 aliphatic carbocycles. The summed E-state index contributed by atoms with van der Waals surface area (Å²) in [6.45, 7) is 1.85. The highest BCUT2D eigenvalue weighted by atomic mass is 32.2. The number of nitriles is 1. The van der Waals surface area contributed by atoms with Gasteiger partial charge in [-0.3, -0.25) is 4.90 Å². The van der Waals surface area contributed by atoms with Crippen molar-refractivity contribution < 1.29 is 9.47 Å². The fourth-order valence-corrected chi connectivity index (χ4v) is 4.43. The van der Waals surface area contributed by atoms with Crippen LogP contribution in [0.25, 0.3) is 0 Å². The number of methoxy groups -OCH3 is 1. The second kappa shape index (κ2) is 6.59. The molecule has 3 heterocycles. The van der Waals surface area contributed by atoms with Crippen LogP contribution in [-0.4, -0.2) is 41.6 Å². The van der Waals surface area contributed by atoms with Gasteiger partial charge in [0.25, 0.3) is 0 Å². The van der Waals surface area contributed by atoms with Crippen molar-refractivity contribution in [3.63, 3.8) is 0 Å². The summed E-state index contributed by atoms with van der Waals surface area (Å²) in [5.41, 5.74) is 14.5. The first-order valence-corrected chi connectivity index (χ1v) is 9.46. The van der Waals surface area contributed by atoms with Crippen molar-refractivity contribution in [3.8, 4) is 23.4 Å². The van der Waals surface area contributed by atoms with Crippen molar-refractivity contribution in [1.29, 1.82) is 5.26 Å². The van der Waals surface area contributed by atoms with Gasteiger partial charge in [0, 0.05) is 36.2 Å². The minimum absolute atomic E-state index is 0.0862. The maximum atomic E-state index is 9.44. The van der Waals surface area contributed by atoms with Crippen molar-refractivity contribution in [3.05, 3.63) is 34.9 Å². The second-order valence-corrected chi connectivity index (χ2v) is 7.40. The molecule has 0 amide bonds. The molecule has 1 atom stereocenters. The Labute approximate surface area is 155 Å². The third-order valence-electron chi connectivity index (χ3n) is 4.79. The molecule has 1 aromatic carbocycles. The molecule has 134 valence electrons. The first kappa shape index (κ1) is 16.8. The quantitative estimate of drug-likeness (QED) is 0.830. The monoisotopic (exact) mass is 369 g/mol. The Kier molecular flexibility index (Phi) is 4.26. The summed E-state index contributed by atoms with van der Waals surface area (Å²) in [5, 5.41) is 9.44. The number of hydrogen-bond donors (Lipinski definition) is 2. The minimum Gasteiger partial charge on any atom is -0.497 e. The van der Waals surface area contributed by atoms with Crippen molar-refractivity contribution in [2.75, 3.05) is 43.2 Å². The maximum absolute atomic E-state index is 9.44. The molecule has 8 heteroatoms. The number of benzene rings is 1. The molecule has 2 aromatic rings. The molecule has 4 rings (SSSR count). The third kappa shape index (κ3) is 2.60. The normalized spacial score (nSPS) is 19.0. The number of thioether (sulfide) groups is 1. The summed E-state index contributed by atoms with van der Waals surface area (Å²) in [6.07, 6.45) is 0. The van der Waals surface area contributed by atoms with Crippen LogP contribution >= 0.6 is 11.8 Å². The second-order valence-electron chi connectivity index (χ2n) is 6.17. The van der Waals surface area contributed by atoms with Crippen LogP contribution in [0, 0.1) is 11.3 Å². The Balaban J connectivity index is 1.93. The maximum Gasteiger partial charge on any atom is 0.228 e. The van der Waals surface area contributed by atoms with Crippen LogP contribution in [0.2, 0.25) is 0 Å².